The van der Waals surface area contributed by atoms with Crippen LogP contribution >= 0.6 is 0 Å². The molecule has 39 heavy (non-hydrogen) atoms. The van der Waals surface area contributed by atoms with E-state index in [2.05, 4.69) is 30.2 Å². The first kappa shape index (κ1) is 24.5. The van der Waals surface area contributed by atoms with Gasteiger partial charge in [-0.3, -0.25) is 19.3 Å². The Morgan fingerprint density at radius 2 is 1.69 bits per heavy atom. The summed E-state index contributed by atoms with van der Waals surface area (Å²) >= 11 is 0. The van der Waals surface area contributed by atoms with E-state index in [4.69, 9.17) is 5.73 Å². The molecule has 1 aliphatic heterocycles. The van der Waals surface area contributed by atoms with E-state index in [0.717, 1.165) is 10.6 Å². The average molecular weight is 535 g/mol. The van der Waals surface area contributed by atoms with Crippen molar-refractivity contribution in [2.45, 2.75) is 6.18 Å². The van der Waals surface area contributed by atoms with E-state index >= 15 is 0 Å². The Balaban J connectivity index is 1.63. The molecule has 198 valence electrons. The van der Waals surface area contributed by atoms with Crippen LogP contribution in [0.4, 0.5) is 24.8 Å². The fraction of sp³-hybridized carbons (Fsp3) is 0.200. The minimum Gasteiger partial charge on any atom is -0.368 e. The molecule has 0 spiro atoms. The van der Waals surface area contributed by atoms with Crippen LogP contribution in [-0.4, -0.2) is 55.7 Å². The Kier molecular flexibility index (Phi) is 5.75. The highest BCUT2D eigenvalue weighted by molar-refractivity contribution is 6.01. The van der Waals surface area contributed by atoms with Crippen LogP contribution in [0.1, 0.15) is 5.56 Å². The highest BCUT2D eigenvalue weighted by Gasteiger charge is 2.36. The molecule has 5 heterocycles. The van der Waals surface area contributed by atoms with Crippen LogP contribution in [0.25, 0.3) is 38.9 Å². The van der Waals surface area contributed by atoms with E-state index in [1.54, 1.807) is 17.0 Å². The van der Waals surface area contributed by atoms with Crippen molar-refractivity contribution in [3.8, 4) is 16.9 Å². The van der Waals surface area contributed by atoms with Gasteiger partial charge in [0.1, 0.15) is 5.52 Å². The number of hydrogen-bond donors (Lipinski definition) is 3. The van der Waals surface area contributed by atoms with Gasteiger partial charge in [0, 0.05) is 56.0 Å². The van der Waals surface area contributed by atoms with E-state index < -0.39 is 23.0 Å². The van der Waals surface area contributed by atoms with Gasteiger partial charge in [-0.2, -0.15) is 13.2 Å². The number of piperazine rings is 1. The molecule has 0 amide bonds. The van der Waals surface area contributed by atoms with Crippen molar-refractivity contribution in [1.29, 1.82) is 0 Å². The fourth-order valence-electron chi connectivity index (χ4n) is 4.72. The molecule has 0 aliphatic carbocycles. The normalized spacial score (nSPS) is 14.3. The summed E-state index contributed by atoms with van der Waals surface area (Å²) in [5.74, 6) is 0.0664. The smallest absolute Gasteiger partial charge is 0.368 e. The van der Waals surface area contributed by atoms with E-state index in [0.29, 0.717) is 43.0 Å². The lowest BCUT2D eigenvalue weighted by atomic mass is 10.1. The molecule has 1 aliphatic rings. The molecule has 14 heteroatoms. The van der Waals surface area contributed by atoms with Crippen LogP contribution in [0, 0.1) is 0 Å². The summed E-state index contributed by atoms with van der Waals surface area (Å²) in [6.45, 7) is 1.91. The summed E-state index contributed by atoms with van der Waals surface area (Å²) in [6, 6.07) is 6.96. The van der Waals surface area contributed by atoms with Gasteiger partial charge in [0.2, 0.25) is 5.95 Å². The first-order valence-corrected chi connectivity index (χ1v) is 11.9. The van der Waals surface area contributed by atoms with Crippen LogP contribution in [0.2, 0.25) is 0 Å². The van der Waals surface area contributed by atoms with Gasteiger partial charge < -0.3 is 16.0 Å². The predicted molar refractivity (Wildman–Crippen MR) is 139 cm³/mol. The largest absolute Gasteiger partial charge is 0.418 e. The lowest BCUT2D eigenvalue weighted by Gasteiger charge is -2.31. The molecule has 0 radical (unpaired) electrons. The van der Waals surface area contributed by atoms with Gasteiger partial charge in [0.05, 0.1) is 33.4 Å². The Morgan fingerprint density at radius 1 is 0.949 bits per heavy atom. The number of nitrogens with zero attached hydrogens (tertiary/aromatic N) is 6. The molecule has 11 nitrogen and oxygen atoms in total. The van der Waals surface area contributed by atoms with Crippen LogP contribution < -0.4 is 27.2 Å². The summed E-state index contributed by atoms with van der Waals surface area (Å²) < 4.78 is 43.8. The van der Waals surface area contributed by atoms with Crippen molar-refractivity contribution >= 4 is 33.6 Å². The quantitative estimate of drug-likeness (QED) is 0.295. The van der Waals surface area contributed by atoms with Gasteiger partial charge in [-0.15, -0.1) is 0 Å². The van der Waals surface area contributed by atoms with Gasteiger partial charge in [-0.1, -0.05) is 0 Å². The summed E-state index contributed by atoms with van der Waals surface area (Å²) in [5.41, 5.74) is 4.36. The standard InChI is InChI=1S/C25H20F3N9O2/c26-25(27,28)16-9-14(1-4-19(16)36-7-5-30-6-8-36)37-21-15(22(38)35-24(37)39)12-31-18-3-2-17(34-20(18)21)13-10-32-23(29)33-11-13/h1-4,9-12,30H,5-8H2,(H2,29,32,33)(H,35,38,39). The summed E-state index contributed by atoms with van der Waals surface area (Å²) in [4.78, 5) is 46.5. The number of nitrogen functional groups attached to an aromatic ring is 1. The molecule has 4 aromatic heterocycles. The maximum absolute atomic E-state index is 14.3. The number of H-pyrrole nitrogens is 1. The molecule has 4 N–H and O–H groups in total. The van der Waals surface area contributed by atoms with Crippen molar-refractivity contribution in [2.24, 2.45) is 0 Å². The van der Waals surface area contributed by atoms with E-state index in [9.17, 15) is 22.8 Å². The monoisotopic (exact) mass is 535 g/mol. The third-order valence-electron chi connectivity index (χ3n) is 6.55. The fourth-order valence-corrected chi connectivity index (χ4v) is 4.72. The number of fused-ring (bicyclic) bond motifs is 3. The van der Waals surface area contributed by atoms with E-state index in [1.165, 1.54) is 30.7 Å². The van der Waals surface area contributed by atoms with Crippen molar-refractivity contribution in [1.82, 2.24) is 34.8 Å². The molecule has 6 rings (SSSR count). The Bertz CT molecular complexity index is 1840. The zero-order chi connectivity index (χ0) is 27.3. The van der Waals surface area contributed by atoms with Crippen LogP contribution in [0.5, 0.6) is 0 Å². The Morgan fingerprint density at radius 3 is 2.41 bits per heavy atom. The Labute approximate surface area is 217 Å². The molecule has 0 saturated carbocycles. The molecular weight excluding hydrogens is 515 g/mol. The third-order valence-corrected chi connectivity index (χ3v) is 6.55. The first-order valence-electron chi connectivity index (χ1n) is 11.9. The number of aromatic nitrogens is 6. The Hall–Kier alpha value is -4.85. The SMILES string of the molecule is Nc1ncc(-c2ccc3ncc4c(=O)[nH]c(=O)n(-c5ccc(N6CCNCC6)c(C(F)(F)F)c5)c4c3n2)cn1. The average Bonchev–Trinajstić information content (AvgIpc) is 2.93. The zero-order valence-electron chi connectivity index (χ0n) is 20.2. The molecule has 0 unspecified atom stereocenters. The summed E-state index contributed by atoms with van der Waals surface area (Å²) in [5, 5.41) is 3.11. The van der Waals surface area contributed by atoms with Gasteiger partial charge in [-0.25, -0.2) is 19.7 Å². The minimum absolute atomic E-state index is 0.0138. The molecule has 1 saturated heterocycles. The number of hydrogen-bond acceptors (Lipinski definition) is 9. The maximum atomic E-state index is 14.3. The number of halogens is 3. The van der Waals surface area contributed by atoms with Crippen molar-refractivity contribution in [3.05, 3.63) is 75.3 Å². The van der Waals surface area contributed by atoms with Crippen molar-refractivity contribution in [3.63, 3.8) is 0 Å². The first-order chi connectivity index (χ1) is 18.7. The molecule has 1 aromatic carbocycles. The van der Waals surface area contributed by atoms with Crippen LogP contribution in [0.3, 0.4) is 0 Å². The summed E-state index contributed by atoms with van der Waals surface area (Å²) in [7, 11) is 0. The number of aromatic amines is 1. The predicted octanol–water partition coefficient (Wildman–Crippen LogP) is 2.09. The van der Waals surface area contributed by atoms with Crippen LogP contribution in [-0.2, 0) is 6.18 Å². The minimum atomic E-state index is -4.69. The van der Waals surface area contributed by atoms with Gasteiger partial charge in [0.25, 0.3) is 5.56 Å². The lowest BCUT2D eigenvalue weighted by Crippen LogP contribution is -2.44. The zero-order valence-corrected chi connectivity index (χ0v) is 20.2. The third kappa shape index (κ3) is 4.33. The second-order valence-corrected chi connectivity index (χ2v) is 8.95. The number of pyridine rings is 2. The van der Waals surface area contributed by atoms with Gasteiger partial charge in [-0.05, 0) is 30.3 Å². The van der Waals surface area contributed by atoms with Crippen molar-refractivity contribution in [2.75, 3.05) is 36.8 Å². The number of nitrogens with two attached hydrogens (primary N) is 1. The maximum Gasteiger partial charge on any atom is 0.418 e. The number of nitrogens with one attached hydrogen (secondary N) is 2. The molecule has 0 bridgehead atoms. The molecule has 0 atom stereocenters. The number of rotatable bonds is 3. The van der Waals surface area contributed by atoms with Gasteiger partial charge in [0.15, 0.2) is 0 Å². The highest BCUT2D eigenvalue weighted by atomic mass is 19.4. The van der Waals surface area contributed by atoms with Gasteiger partial charge >= 0.3 is 11.9 Å². The number of benzene rings is 1. The molecular formula is C25H20F3N9O2. The van der Waals surface area contributed by atoms with Crippen molar-refractivity contribution < 1.29 is 13.2 Å². The lowest BCUT2D eigenvalue weighted by molar-refractivity contribution is -0.137. The molecule has 1 fully saturated rings. The van der Waals surface area contributed by atoms with E-state index in [-0.39, 0.29) is 33.7 Å². The highest BCUT2D eigenvalue weighted by Crippen LogP contribution is 2.38. The topological polar surface area (TPSA) is 148 Å². The second-order valence-electron chi connectivity index (χ2n) is 8.95. The van der Waals surface area contributed by atoms with Crippen LogP contribution in [0.15, 0.2) is 58.5 Å². The summed E-state index contributed by atoms with van der Waals surface area (Å²) in [6.07, 6.45) is -0.513. The number of anilines is 2. The number of alkyl halides is 3. The molecule has 5 aromatic rings. The van der Waals surface area contributed by atoms with E-state index in [1.807, 2.05) is 0 Å². The second kappa shape index (κ2) is 9.16.